The van der Waals surface area contributed by atoms with Gasteiger partial charge in [0.25, 0.3) is 0 Å². The van der Waals surface area contributed by atoms with Crippen molar-refractivity contribution in [3.63, 3.8) is 0 Å². The van der Waals surface area contributed by atoms with Gasteiger partial charge in [0.15, 0.2) is 0 Å². The molecule has 1 fully saturated rings. The number of rotatable bonds is 6. The molecule has 138 valence electrons. The molecule has 0 aliphatic carbocycles. The SMILES string of the molecule is COc1ccc(C2C(CC(=O)Cc3ccc(Cl)cc3)CCCN2C)cc1. The highest BCUT2D eigenvalue weighted by Crippen LogP contribution is 2.37. The van der Waals surface area contributed by atoms with Gasteiger partial charge < -0.3 is 4.74 Å². The van der Waals surface area contributed by atoms with Crippen LogP contribution in [0.25, 0.3) is 0 Å². The largest absolute Gasteiger partial charge is 0.497 e. The number of benzene rings is 2. The first-order valence-corrected chi connectivity index (χ1v) is 9.55. The Morgan fingerprint density at radius 1 is 1.15 bits per heavy atom. The number of Topliss-reactive ketones (excluding diaryl/α,β-unsaturated/α-hetero) is 1. The summed E-state index contributed by atoms with van der Waals surface area (Å²) in [4.78, 5) is 15.1. The number of carbonyl (C=O) groups is 1. The minimum Gasteiger partial charge on any atom is -0.497 e. The van der Waals surface area contributed by atoms with Crippen molar-refractivity contribution in [1.29, 1.82) is 0 Å². The fraction of sp³-hybridized carbons (Fsp3) is 0.409. The van der Waals surface area contributed by atoms with Gasteiger partial charge in [0.2, 0.25) is 0 Å². The number of ether oxygens (including phenoxy) is 1. The van der Waals surface area contributed by atoms with Crippen LogP contribution in [0.4, 0.5) is 0 Å². The van der Waals surface area contributed by atoms with Gasteiger partial charge in [-0.1, -0.05) is 35.9 Å². The summed E-state index contributed by atoms with van der Waals surface area (Å²) in [5, 5.41) is 0.703. The molecule has 0 aromatic heterocycles. The number of halogens is 1. The molecule has 3 rings (SSSR count). The predicted molar refractivity (Wildman–Crippen MR) is 106 cm³/mol. The summed E-state index contributed by atoms with van der Waals surface area (Å²) in [6, 6.07) is 16.1. The highest BCUT2D eigenvalue weighted by Gasteiger charge is 2.31. The molecule has 2 atom stereocenters. The van der Waals surface area contributed by atoms with Crippen molar-refractivity contribution in [2.75, 3.05) is 20.7 Å². The molecule has 1 aliphatic heterocycles. The highest BCUT2D eigenvalue weighted by molar-refractivity contribution is 6.30. The predicted octanol–water partition coefficient (Wildman–Crippen LogP) is 4.93. The van der Waals surface area contributed by atoms with Crippen molar-refractivity contribution >= 4 is 17.4 Å². The van der Waals surface area contributed by atoms with Gasteiger partial charge in [-0.25, -0.2) is 0 Å². The zero-order valence-corrected chi connectivity index (χ0v) is 16.2. The van der Waals surface area contributed by atoms with Gasteiger partial charge in [0, 0.05) is 23.9 Å². The van der Waals surface area contributed by atoms with Crippen LogP contribution in [0.15, 0.2) is 48.5 Å². The number of hydrogen-bond acceptors (Lipinski definition) is 3. The topological polar surface area (TPSA) is 29.5 Å². The Bertz CT molecular complexity index is 727. The summed E-state index contributed by atoms with van der Waals surface area (Å²) >= 11 is 5.93. The number of ketones is 1. The third kappa shape index (κ3) is 4.66. The van der Waals surface area contributed by atoms with Gasteiger partial charge in [-0.05, 0) is 67.7 Å². The average molecular weight is 372 g/mol. The molecular weight excluding hydrogens is 346 g/mol. The molecule has 2 aromatic carbocycles. The highest BCUT2D eigenvalue weighted by atomic mass is 35.5. The third-order valence-electron chi connectivity index (χ3n) is 5.27. The molecule has 1 heterocycles. The molecular formula is C22H26ClNO2. The van der Waals surface area contributed by atoms with E-state index in [2.05, 4.69) is 24.1 Å². The monoisotopic (exact) mass is 371 g/mol. The molecule has 0 radical (unpaired) electrons. The van der Waals surface area contributed by atoms with E-state index in [1.165, 1.54) is 5.56 Å². The summed E-state index contributed by atoms with van der Waals surface area (Å²) in [5.74, 6) is 1.51. The van der Waals surface area contributed by atoms with Crippen LogP contribution >= 0.6 is 11.6 Å². The molecule has 0 spiro atoms. The second-order valence-corrected chi connectivity index (χ2v) is 7.58. The van der Waals surface area contributed by atoms with Gasteiger partial charge in [-0.2, -0.15) is 0 Å². The number of likely N-dealkylation sites (tertiary alicyclic amines) is 1. The number of piperidine rings is 1. The molecule has 0 bridgehead atoms. The molecule has 4 heteroatoms. The normalized spacial score (nSPS) is 20.7. The molecule has 1 aliphatic rings. The van der Waals surface area contributed by atoms with Crippen LogP contribution in [0.2, 0.25) is 5.02 Å². The summed E-state index contributed by atoms with van der Waals surface area (Å²) < 4.78 is 5.27. The molecule has 0 saturated carbocycles. The smallest absolute Gasteiger partial charge is 0.137 e. The van der Waals surface area contributed by atoms with Crippen molar-refractivity contribution in [2.45, 2.75) is 31.7 Å². The summed E-state index contributed by atoms with van der Waals surface area (Å²) in [6.07, 6.45) is 3.33. The minimum atomic E-state index is 0.281. The maximum absolute atomic E-state index is 12.7. The Balaban J connectivity index is 1.70. The van der Waals surface area contributed by atoms with Crippen LogP contribution in [0, 0.1) is 5.92 Å². The van der Waals surface area contributed by atoms with Gasteiger partial charge >= 0.3 is 0 Å². The van der Waals surface area contributed by atoms with E-state index in [1.807, 2.05) is 36.4 Å². The van der Waals surface area contributed by atoms with E-state index in [4.69, 9.17) is 16.3 Å². The number of carbonyl (C=O) groups excluding carboxylic acids is 1. The van der Waals surface area contributed by atoms with E-state index in [-0.39, 0.29) is 6.04 Å². The van der Waals surface area contributed by atoms with Crippen LogP contribution in [-0.4, -0.2) is 31.4 Å². The standard InChI is InChI=1S/C22H26ClNO2/c1-24-13-3-4-18(22(24)17-7-11-21(26-2)12-8-17)15-20(25)14-16-5-9-19(23)10-6-16/h5-12,18,22H,3-4,13-15H2,1-2H3. The molecule has 0 N–H and O–H groups in total. The zero-order valence-electron chi connectivity index (χ0n) is 15.5. The van der Waals surface area contributed by atoms with Crippen molar-refractivity contribution < 1.29 is 9.53 Å². The van der Waals surface area contributed by atoms with Crippen molar-refractivity contribution in [3.05, 3.63) is 64.7 Å². The van der Waals surface area contributed by atoms with Crippen molar-refractivity contribution in [3.8, 4) is 5.75 Å². The molecule has 0 amide bonds. The Kier molecular flexibility index (Phi) is 6.33. The van der Waals surface area contributed by atoms with Gasteiger partial charge in [0.1, 0.15) is 11.5 Å². The van der Waals surface area contributed by atoms with Gasteiger partial charge in [-0.15, -0.1) is 0 Å². The minimum absolute atomic E-state index is 0.281. The summed E-state index contributed by atoms with van der Waals surface area (Å²) in [7, 11) is 3.84. The lowest BCUT2D eigenvalue weighted by atomic mass is 9.81. The molecule has 2 unspecified atom stereocenters. The Morgan fingerprint density at radius 3 is 2.50 bits per heavy atom. The number of nitrogens with zero attached hydrogens (tertiary/aromatic N) is 1. The van der Waals surface area contributed by atoms with E-state index in [0.717, 1.165) is 30.7 Å². The Labute approximate surface area is 160 Å². The van der Waals surface area contributed by atoms with Gasteiger partial charge in [0.05, 0.1) is 7.11 Å². The van der Waals surface area contributed by atoms with E-state index < -0.39 is 0 Å². The van der Waals surface area contributed by atoms with Crippen LogP contribution < -0.4 is 4.74 Å². The maximum Gasteiger partial charge on any atom is 0.137 e. The number of hydrogen-bond donors (Lipinski definition) is 0. The van der Waals surface area contributed by atoms with E-state index in [1.54, 1.807) is 7.11 Å². The van der Waals surface area contributed by atoms with Crippen molar-refractivity contribution in [1.82, 2.24) is 4.90 Å². The van der Waals surface area contributed by atoms with Crippen LogP contribution in [0.1, 0.15) is 36.4 Å². The average Bonchev–Trinajstić information content (AvgIpc) is 2.64. The van der Waals surface area contributed by atoms with Gasteiger partial charge in [-0.3, -0.25) is 9.69 Å². The van der Waals surface area contributed by atoms with E-state index in [0.29, 0.717) is 29.6 Å². The van der Waals surface area contributed by atoms with Crippen LogP contribution in [-0.2, 0) is 11.2 Å². The third-order valence-corrected chi connectivity index (χ3v) is 5.52. The fourth-order valence-electron chi connectivity index (χ4n) is 4.00. The molecule has 2 aromatic rings. The summed E-state index contributed by atoms with van der Waals surface area (Å²) in [6.45, 7) is 1.07. The van der Waals surface area contributed by atoms with E-state index >= 15 is 0 Å². The van der Waals surface area contributed by atoms with Crippen molar-refractivity contribution in [2.24, 2.45) is 5.92 Å². The Hall–Kier alpha value is -1.84. The molecule has 3 nitrogen and oxygen atoms in total. The first kappa shape index (κ1) is 18.9. The van der Waals surface area contributed by atoms with Crippen LogP contribution in [0.3, 0.4) is 0 Å². The fourth-order valence-corrected chi connectivity index (χ4v) is 4.12. The first-order valence-electron chi connectivity index (χ1n) is 9.17. The zero-order chi connectivity index (χ0) is 18.5. The number of methoxy groups -OCH3 is 1. The van der Waals surface area contributed by atoms with E-state index in [9.17, 15) is 4.79 Å². The Morgan fingerprint density at radius 2 is 1.85 bits per heavy atom. The molecule has 1 saturated heterocycles. The lowest BCUT2D eigenvalue weighted by Gasteiger charge is -2.39. The first-order chi connectivity index (χ1) is 12.6. The second kappa shape index (κ2) is 8.70. The second-order valence-electron chi connectivity index (χ2n) is 7.15. The lowest BCUT2D eigenvalue weighted by Crippen LogP contribution is -2.37. The lowest BCUT2D eigenvalue weighted by molar-refractivity contribution is -0.120. The molecule has 26 heavy (non-hydrogen) atoms. The maximum atomic E-state index is 12.7. The van der Waals surface area contributed by atoms with Crippen LogP contribution in [0.5, 0.6) is 5.75 Å². The quantitative estimate of drug-likeness (QED) is 0.720. The summed E-state index contributed by atoms with van der Waals surface area (Å²) in [5.41, 5.74) is 2.29.